The second-order valence-corrected chi connectivity index (χ2v) is 9.70. The van der Waals surface area contributed by atoms with Crippen LogP contribution in [0.1, 0.15) is 27.7 Å². The first-order valence-electron chi connectivity index (χ1n) is 8.36. The zero-order valence-corrected chi connectivity index (χ0v) is 16.3. The van der Waals surface area contributed by atoms with Gasteiger partial charge in [-0.05, 0) is 33.8 Å². The third-order valence-corrected chi connectivity index (χ3v) is 6.58. The first kappa shape index (κ1) is 19.1. The lowest BCUT2D eigenvalue weighted by molar-refractivity contribution is 0.330. The van der Waals surface area contributed by atoms with E-state index in [1.54, 1.807) is 38.2 Å². The maximum Gasteiger partial charge on any atom is 0.215 e. The Morgan fingerprint density at radius 3 is 2.56 bits per heavy atom. The molecule has 0 aliphatic carbocycles. The first-order valence-corrected chi connectivity index (χ1v) is 9.85. The summed E-state index contributed by atoms with van der Waals surface area (Å²) in [4.78, 5) is 7.85. The van der Waals surface area contributed by atoms with Crippen LogP contribution in [0.15, 0.2) is 35.5 Å². The van der Waals surface area contributed by atoms with Crippen LogP contribution in [-0.4, -0.2) is 34.1 Å². The summed E-state index contributed by atoms with van der Waals surface area (Å²) < 4.78 is 45.9. The Morgan fingerprint density at radius 1 is 1.26 bits per heavy atom. The third kappa shape index (κ3) is 3.34. The number of rotatable bonds is 4. The highest BCUT2D eigenvalue weighted by molar-refractivity contribution is 7.92. The zero-order chi connectivity index (χ0) is 20.0. The van der Waals surface area contributed by atoms with Gasteiger partial charge in [-0.3, -0.25) is 4.40 Å². The van der Waals surface area contributed by atoms with E-state index in [0.29, 0.717) is 23.5 Å². The van der Waals surface area contributed by atoms with Crippen LogP contribution in [0.25, 0.3) is 16.9 Å². The number of imidazole rings is 1. The number of anilines is 1. The molecule has 3 heterocycles. The second-order valence-electron chi connectivity index (χ2n) is 7.03. The Bertz CT molecular complexity index is 1100. The highest BCUT2D eigenvalue weighted by Gasteiger charge is 2.34. The third-order valence-electron chi connectivity index (χ3n) is 4.08. The van der Waals surface area contributed by atoms with Crippen molar-refractivity contribution in [2.24, 2.45) is 0 Å². The molecule has 0 atom stereocenters. The molecule has 0 spiro atoms. The largest absolute Gasteiger partial charge is 0.492 e. The average Bonchev–Trinajstić information content (AvgIpc) is 2.95. The summed E-state index contributed by atoms with van der Waals surface area (Å²) in [6, 6.07) is 4.28. The number of nitrogen functional groups attached to an aromatic ring is 1. The summed E-state index contributed by atoms with van der Waals surface area (Å²) in [5.74, 6) is -0.473. The molecule has 3 aromatic rings. The number of aromatic nitrogens is 3. The van der Waals surface area contributed by atoms with Gasteiger partial charge in [0.05, 0.1) is 23.2 Å². The van der Waals surface area contributed by atoms with Gasteiger partial charge in [0.2, 0.25) is 5.95 Å². The molecule has 0 aliphatic rings. The summed E-state index contributed by atoms with van der Waals surface area (Å²) in [6.45, 7) is 6.95. The molecule has 3 aromatic heterocycles. The van der Waals surface area contributed by atoms with Gasteiger partial charge in [0.25, 0.3) is 0 Å². The average molecular weight is 392 g/mol. The molecule has 0 aromatic carbocycles. The SMILES string of the molecule is CCOc1cc2ncc(-c3cc(N)nc(F)c3)n2cc1S(=O)(=O)C(C)(C)C. The van der Waals surface area contributed by atoms with E-state index in [9.17, 15) is 12.8 Å². The van der Waals surface area contributed by atoms with Gasteiger partial charge in [-0.1, -0.05) is 0 Å². The maximum atomic E-state index is 13.7. The van der Waals surface area contributed by atoms with Crippen molar-refractivity contribution in [2.45, 2.75) is 37.3 Å². The molecule has 144 valence electrons. The number of sulfone groups is 1. The van der Waals surface area contributed by atoms with E-state index in [4.69, 9.17) is 10.5 Å². The minimum Gasteiger partial charge on any atom is -0.492 e. The number of halogens is 1. The molecular formula is C18H21FN4O3S. The Balaban J connectivity index is 2.31. The molecule has 0 aliphatic heterocycles. The minimum atomic E-state index is -3.70. The molecule has 0 fully saturated rings. The molecular weight excluding hydrogens is 371 g/mol. The van der Waals surface area contributed by atoms with Crippen LogP contribution >= 0.6 is 0 Å². The quantitative estimate of drug-likeness (QED) is 0.685. The zero-order valence-electron chi connectivity index (χ0n) is 15.5. The van der Waals surface area contributed by atoms with Crippen molar-refractivity contribution in [3.05, 3.63) is 36.5 Å². The molecule has 0 saturated carbocycles. The van der Waals surface area contributed by atoms with Crippen LogP contribution in [-0.2, 0) is 9.84 Å². The predicted octanol–water partition coefficient (Wildman–Crippen LogP) is 3.09. The monoisotopic (exact) mass is 392 g/mol. The molecule has 7 nitrogen and oxygen atoms in total. The fourth-order valence-electron chi connectivity index (χ4n) is 2.67. The first-order chi connectivity index (χ1) is 12.5. The summed E-state index contributed by atoms with van der Waals surface area (Å²) in [5.41, 5.74) is 7.03. The molecule has 27 heavy (non-hydrogen) atoms. The van der Waals surface area contributed by atoms with E-state index in [1.165, 1.54) is 24.5 Å². The van der Waals surface area contributed by atoms with E-state index >= 15 is 0 Å². The molecule has 2 N–H and O–H groups in total. The van der Waals surface area contributed by atoms with Crippen LogP contribution in [0.4, 0.5) is 10.2 Å². The maximum absolute atomic E-state index is 13.7. The van der Waals surface area contributed by atoms with Crippen molar-refractivity contribution in [3.8, 4) is 17.0 Å². The number of hydrogen-bond donors (Lipinski definition) is 1. The van der Waals surface area contributed by atoms with Crippen molar-refractivity contribution in [2.75, 3.05) is 12.3 Å². The Hall–Kier alpha value is -2.68. The second kappa shape index (κ2) is 6.49. The predicted molar refractivity (Wildman–Crippen MR) is 101 cm³/mol. The molecule has 0 amide bonds. The van der Waals surface area contributed by atoms with Crippen LogP contribution in [0.5, 0.6) is 5.75 Å². The lowest BCUT2D eigenvalue weighted by Crippen LogP contribution is -2.28. The van der Waals surface area contributed by atoms with Crippen LogP contribution in [0.2, 0.25) is 0 Å². The number of pyridine rings is 2. The fraction of sp³-hybridized carbons (Fsp3) is 0.333. The number of nitrogens with two attached hydrogens (primary N) is 1. The number of hydrogen-bond acceptors (Lipinski definition) is 6. The summed E-state index contributed by atoms with van der Waals surface area (Å²) in [6.07, 6.45) is 2.98. The van der Waals surface area contributed by atoms with Crippen LogP contribution in [0.3, 0.4) is 0 Å². The Labute approximate surface area is 156 Å². The fourth-order valence-corrected chi connectivity index (χ4v) is 3.95. The lowest BCUT2D eigenvalue weighted by Gasteiger charge is -2.21. The van der Waals surface area contributed by atoms with Crippen LogP contribution in [0, 0.1) is 5.95 Å². The number of fused-ring (bicyclic) bond motifs is 1. The van der Waals surface area contributed by atoms with Crippen molar-refractivity contribution in [1.29, 1.82) is 0 Å². The van der Waals surface area contributed by atoms with Gasteiger partial charge in [0, 0.05) is 23.9 Å². The van der Waals surface area contributed by atoms with E-state index in [1.807, 2.05) is 0 Å². The van der Waals surface area contributed by atoms with E-state index in [-0.39, 0.29) is 16.5 Å². The highest BCUT2D eigenvalue weighted by atomic mass is 32.2. The summed E-state index contributed by atoms with van der Waals surface area (Å²) >= 11 is 0. The van der Waals surface area contributed by atoms with Gasteiger partial charge in [0.1, 0.15) is 22.1 Å². The van der Waals surface area contributed by atoms with E-state index in [2.05, 4.69) is 9.97 Å². The lowest BCUT2D eigenvalue weighted by atomic mass is 10.2. The molecule has 0 saturated heterocycles. The standard InChI is InChI=1S/C18H21FN4O3S/c1-5-26-13-8-17-21-9-12(11-6-15(19)22-16(20)7-11)23(17)10-14(13)27(24,25)18(2,3)4/h6-10H,5H2,1-4H3,(H2,20,22). The highest BCUT2D eigenvalue weighted by Crippen LogP contribution is 2.34. The van der Waals surface area contributed by atoms with Crippen molar-refractivity contribution < 1.29 is 17.5 Å². The van der Waals surface area contributed by atoms with E-state index in [0.717, 1.165) is 0 Å². The van der Waals surface area contributed by atoms with Gasteiger partial charge in [-0.2, -0.15) is 4.39 Å². The molecule has 0 bridgehead atoms. The smallest absolute Gasteiger partial charge is 0.215 e. The van der Waals surface area contributed by atoms with Gasteiger partial charge in [-0.25, -0.2) is 18.4 Å². The van der Waals surface area contributed by atoms with Gasteiger partial charge < -0.3 is 10.5 Å². The molecule has 3 rings (SSSR count). The van der Waals surface area contributed by atoms with Gasteiger partial charge in [0.15, 0.2) is 9.84 Å². The number of ether oxygens (including phenoxy) is 1. The van der Waals surface area contributed by atoms with E-state index < -0.39 is 20.5 Å². The number of nitrogens with zero attached hydrogens (tertiary/aromatic N) is 3. The van der Waals surface area contributed by atoms with Crippen molar-refractivity contribution >= 4 is 21.3 Å². The Kier molecular flexibility index (Phi) is 4.59. The molecule has 0 unspecified atom stereocenters. The minimum absolute atomic E-state index is 0.0217. The molecule has 9 heteroatoms. The topological polar surface area (TPSA) is 99.6 Å². The van der Waals surface area contributed by atoms with Crippen molar-refractivity contribution in [3.63, 3.8) is 0 Å². The summed E-state index contributed by atoms with van der Waals surface area (Å²) in [5, 5.41) is 0. The van der Waals surface area contributed by atoms with Gasteiger partial charge >= 0.3 is 0 Å². The van der Waals surface area contributed by atoms with Crippen LogP contribution < -0.4 is 10.5 Å². The van der Waals surface area contributed by atoms with Gasteiger partial charge in [-0.15, -0.1) is 0 Å². The normalized spacial score (nSPS) is 12.5. The molecule has 0 radical (unpaired) electrons. The Morgan fingerprint density at radius 2 is 1.96 bits per heavy atom. The summed E-state index contributed by atoms with van der Waals surface area (Å²) in [7, 11) is -3.70. The van der Waals surface area contributed by atoms with Crippen molar-refractivity contribution in [1.82, 2.24) is 14.4 Å².